The van der Waals surface area contributed by atoms with Gasteiger partial charge >= 0.3 is 0 Å². The van der Waals surface area contributed by atoms with E-state index in [2.05, 4.69) is 218 Å². The second kappa shape index (κ2) is 14.0. The maximum atomic E-state index is 7.11. The quantitative estimate of drug-likeness (QED) is 0.162. The first kappa shape index (κ1) is 36.9. The first-order chi connectivity index (χ1) is 32.5. The summed E-state index contributed by atoms with van der Waals surface area (Å²) in [5, 5.41) is 16.6. The zero-order chi connectivity index (χ0) is 43.6. The Morgan fingerprint density at radius 1 is 0.439 bits per heavy atom. The van der Waals surface area contributed by atoms with Crippen LogP contribution in [-0.4, -0.2) is 10.3 Å². The van der Waals surface area contributed by atoms with Crippen LogP contribution in [0.25, 0.3) is 109 Å². The molecule has 66 heavy (non-hydrogen) atoms. The van der Waals surface area contributed by atoms with Gasteiger partial charge in [-0.15, -0.1) is 0 Å². The van der Waals surface area contributed by atoms with Crippen molar-refractivity contribution in [3.05, 3.63) is 241 Å². The van der Waals surface area contributed by atoms with E-state index in [1.165, 1.54) is 64.6 Å². The van der Waals surface area contributed by atoms with Crippen LogP contribution in [-0.2, 0) is 0 Å². The number of aromatic nitrogens is 1. The second-order valence-corrected chi connectivity index (χ2v) is 17.9. The lowest BCUT2D eigenvalue weighted by molar-refractivity contribution is 0.657. The molecule has 14 rings (SSSR count). The predicted molar refractivity (Wildman–Crippen MR) is 279 cm³/mol. The molecule has 1 aliphatic heterocycles. The number of allylic oxidation sites excluding steroid dienone is 1. The highest BCUT2D eigenvalue weighted by molar-refractivity contribution is 6.22. The summed E-state index contributed by atoms with van der Waals surface area (Å²) in [6.45, 7) is 7.27. The van der Waals surface area contributed by atoms with Crippen LogP contribution in [0.15, 0.2) is 233 Å². The molecule has 0 spiro atoms. The molecule has 13 aromatic rings. The maximum absolute atomic E-state index is 7.11. The molecule has 0 unspecified atom stereocenters. The molecule has 0 saturated carbocycles. The highest BCUT2D eigenvalue weighted by Gasteiger charge is 2.34. The molecule has 1 atom stereocenters. The van der Waals surface area contributed by atoms with Crippen molar-refractivity contribution in [2.24, 2.45) is 4.99 Å². The normalized spacial score (nSPS) is 14.7. The predicted octanol–water partition coefficient (Wildman–Crippen LogP) is 17.0. The number of benzene rings is 11. The summed E-state index contributed by atoms with van der Waals surface area (Å²) in [6, 6.07) is 74.6. The number of hydrogen-bond acceptors (Lipinski definition) is 2. The summed E-state index contributed by atoms with van der Waals surface area (Å²) in [5.41, 5.74) is 12.2. The average molecular weight is 841 g/mol. The summed E-state index contributed by atoms with van der Waals surface area (Å²) in [7, 11) is 0. The first-order valence-corrected chi connectivity index (χ1v) is 22.7. The molecule has 0 aliphatic carbocycles. The second-order valence-electron chi connectivity index (χ2n) is 17.9. The zero-order valence-corrected chi connectivity index (χ0v) is 36.2. The Balaban J connectivity index is 1.10. The Hall–Kier alpha value is -8.53. The van der Waals surface area contributed by atoms with E-state index in [1.807, 2.05) is 0 Å². The summed E-state index contributed by atoms with van der Waals surface area (Å²) in [5.74, 6) is 0. The van der Waals surface area contributed by atoms with E-state index in [4.69, 9.17) is 16.0 Å². The number of fused-ring (bicyclic) bond motifs is 12. The number of nitrogens with zero attached hydrogens (tertiary/aromatic N) is 2. The number of rotatable bonds is 4. The lowest BCUT2D eigenvalue weighted by Crippen LogP contribution is -2.18. The Morgan fingerprint density at radius 3 is 1.67 bits per heavy atom. The molecule has 0 amide bonds. The van der Waals surface area contributed by atoms with Crippen molar-refractivity contribution in [3.8, 4) is 5.69 Å². The molecule has 0 radical (unpaired) electrons. The fourth-order valence-electron chi connectivity index (χ4n) is 11.1. The lowest BCUT2D eigenvalue weighted by atomic mass is 9.80. The van der Waals surface area contributed by atoms with Crippen LogP contribution >= 0.6 is 0 Å². The molecular formula is C63H40N2O. The summed E-state index contributed by atoms with van der Waals surface area (Å²) in [6.07, 6.45) is 0. The van der Waals surface area contributed by atoms with Crippen LogP contribution in [0.3, 0.4) is 0 Å². The van der Waals surface area contributed by atoms with E-state index in [0.29, 0.717) is 0 Å². The number of para-hydroxylation sites is 1. The molecule has 0 bridgehead atoms. The highest BCUT2D eigenvalue weighted by atomic mass is 16.3. The van der Waals surface area contributed by atoms with E-state index in [0.717, 1.165) is 77.8 Å². The molecule has 2 aromatic heterocycles. The summed E-state index contributed by atoms with van der Waals surface area (Å²) < 4.78 is 9.58. The smallest absolute Gasteiger partial charge is 0.143 e. The van der Waals surface area contributed by atoms with Crippen molar-refractivity contribution < 1.29 is 4.42 Å². The first-order valence-electron chi connectivity index (χ1n) is 22.7. The minimum Gasteiger partial charge on any atom is -0.456 e. The minimum atomic E-state index is -0.509. The fraction of sp³-hybridized carbons (Fsp3) is 0.0317. The van der Waals surface area contributed by atoms with Gasteiger partial charge < -0.3 is 8.98 Å². The number of aliphatic imine (C=N–C) groups is 1. The molecule has 0 N–H and O–H groups in total. The average Bonchev–Trinajstić information content (AvgIpc) is 3.89. The Morgan fingerprint density at radius 2 is 0.955 bits per heavy atom. The van der Waals surface area contributed by atoms with Crippen molar-refractivity contribution in [1.29, 1.82) is 0 Å². The Bertz CT molecular complexity index is 4230. The molecule has 11 aromatic carbocycles. The van der Waals surface area contributed by atoms with E-state index in [-0.39, 0.29) is 0 Å². The summed E-state index contributed by atoms with van der Waals surface area (Å²) >= 11 is 0. The molecule has 1 aliphatic rings. The van der Waals surface area contributed by atoms with Gasteiger partial charge in [0.1, 0.15) is 17.2 Å². The Kier molecular flexibility index (Phi) is 7.82. The van der Waals surface area contributed by atoms with Gasteiger partial charge in [0, 0.05) is 32.7 Å². The van der Waals surface area contributed by atoms with Gasteiger partial charge in [-0.25, -0.2) is 0 Å². The van der Waals surface area contributed by atoms with Crippen molar-refractivity contribution in [3.63, 3.8) is 0 Å². The van der Waals surface area contributed by atoms with Gasteiger partial charge in [0.15, 0.2) is 0 Å². The monoisotopic (exact) mass is 840 g/mol. The largest absolute Gasteiger partial charge is 0.456 e. The van der Waals surface area contributed by atoms with E-state index < -0.39 is 6.04 Å². The summed E-state index contributed by atoms with van der Waals surface area (Å²) in [4.78, 5) is 5.93. The van der Waals surface area contributed by atoms with Gasteiger partial charge in [-0.3, -0.25) is 4.99 Å². The van der Waals surface area contributed by atoms with Gasteiger partial charge in [-0.2, -0.15) is 0 Å². The lowest BCUT2D eigenvalue weighted by Gasteiger charge is -2.30. The van der Waals surface area contributed by atoms with E-state index in [1.54, 1.807) is 0 Å². The van der Waals surface area contributed by atoms with Crippen LogP contribution in [0.2, 0.25) is 0 Å². The highest BCUT2D eigenvalue weighted by Crippen LogP contribution is 2.49. The van der Waals surface area contributed by atoms with Gasteiger partial charge in [-0.1, -0.05) is 158 Å². The fourth-order valence-corrected chi connectivity index (χ4v) is 11.1. The molecule has 0 fully saturated rings. The number of dihydropyridines is 1. The molecular weight excluding hydrogens is 801 g/mol. The van der Waals surface area contributed by atoms with E-state index >= 15 is 0 Å². The van der Waals surface area contributed by atoms with Gasteiger partial charge in [0.05, 0.1) is 22.4 Å². The van der Waals surface area contributed by atoms with Crippen molar-refractivity contribution in [2.45, 2.75) is 13.0 Å². The SMILES string of the molecule is C=C1C(c2ccc3ccccc3c2)=C(C)C(c2ccc3c(ccc4ccccc43)c2)=N[C@@H]1c1c(-n2c3cc4ccccc4cc3c3cc4ccccc4cc32)ccc2c1oc1ccccc12. The van der Waals surface area contributed by atoms with Crippen LogP contribution in [0, 0.1) is 0 Å². The van der Waals surface area contributed by atoms with Crippen molar-refractivity contribution in [1.82, 2.24) is 4.57 Å². The standard InChI is InChI=1S/C63H40N2O/c1-37-59(47-26-23-39-13-3-4-15-41(39)31-47)38(2)62(64-61(37)48-27-28-50-46(32-48)25-24-40-14-9-10-20-49(40)50)60-55(30-29-52-51-21-11-12-22-58(51)66-63(52)60)65-56-35-44-18-7-5-16-42(44)33-53(56)54-34-43-17-6-8-19-45(43)36-57(54)65/h3-36,62H,2H2,1H3/t62-/m0/s1. The molecule has 3 nitrogen and oxygen atoms in total. The van der Waals surface area contributed by atoms with Gasteiger partial charge in [-0.05, 0) is 138 Å². The van der Waals surface area contributed by atoms with Crippen molar-refractivity contribution in [2.75, 3.05) is 0 Å². The third-order valence-corrected chi connectivity index (χ3v) is 14.3. The number of furan rings is 1. The van der Waals surface area contributed by atoms with Crippen LogP contribution < -0.4 is 0 Å². The molecule has 3 heterocycles. The third-order valence-electron chi connectivity index (χ3n) is 14.3. The maximum Gasteiger partial charge on any atom is 0.143 e. The molecule has 0 saturated heterocycles. The molecule has 308 valence electrons. The topological polar surface area (TPSA) is 30.4 Å². The number of hydrogen-bond donors (Lipinski definition) is 0. The third kappa shape index (κ3) is 5.41. The van der Waals surface area contributed by atoms with Crippen LogP contribution in [0.5, 0.6) is 0 Å². The van der Waals surface area contributed by atoms with Gasteiger partial charge in [0.2, 0.25) is 0 Å². The van der Waals surface area contributed by atoms with Crippen LogP contribution in [0.4, 0.5) is 0 Å². The Labute approximate surface area is 380 Å². The van der Waals surface area contributed by atoms with Crippen molar-refractivity contribution >= 4 is 109 Å². The van der Waals surface area contributed by atoms with E-state index in [9.17, 15) is 0 Å². The minimum absolute atomic E-state index is 0.509. The van der Waals surface area contributed by atoms with Crippen LogP contribution in [0.1, 0.15) is 29.7 Å². The van der Waals surface area contributed by atoms with Gasteiger partial charge in [0.25, 0.3) is 0 Å². The molecule has 3 heteroatoms. The zero-order valence-electron chi connectivity index (χ0n) is 36.2.